The minimum absolute atomic E-state index is 0.121. The number of para-hydroxylation sites is 2. The maximum absolute atomic E-state index is 11.1. The third-order valence-corrected chi connectivity index (χ3v) is 4.63. The molecule has 2 aliphatic heterocycles. The van der Waals surface area contributed by atoms with Crippen LogP contribution in [-0.4, -0.2) is 61.9 Å². The molecule has 0 unspecified atom stereocenters. The molecule has 0 radical (unpaired) electrons. The van der Waals surface area contributed by atoms with Crippen molar-refractivity contribution in [3.05, 3.63) is 34.4 Å². The van der Waals surface area contributed by atoms with Crippen LogP contribution in [0.4, 0.5) is 11.4 Å². The molecule has 0 bridgehead atoms. The molecule has 23 heavy (non-hydrogen) atoms. The number of hydrogen-bond acceptors (Lipinski definition) is 6. The van der Waals surface area contributed by atoms with Crippen LogP contribution in [0.5, 0.6) is 0 Å². The molecule has 7 nitrogen and oxygen atoms in total. The summed E-state index contributed by atoms with van der Waals surface area (Å²) in [5.41, 5.74) is 0.700. The highest BCUT2D eigenvalue weighted by atomic mass is 16.6. The highest BCUT2D eigenvalue weighted by Gasteiger charge is 2.31. The standard InChI is InChI=1S/C16H23N3O4/c20-19(21)15-4-2-1-3-14(15)17-11-16(13-5-8-23-12-13)18-6-9-22-10-7-18/h1-4,13,16-17H,5-12H2/t13-,16-/m1/s1. The molecular formula is C16H23N3O4. The average molecular weight is 321 g/mol. The quantitative estimate of drug-likeness (QED) is 0.635. The van der Waals surface area contributed by atoms with E-state index < -0.39 is 0 Å². The van der Waals surface area contributed by atoms with Gasteiger partial charge in [-0.2, -0.15) is 0 Å². The van der Waals surface area contributed by atoms with E-state index in [2.05, 4.69) is 10.2 Å². The number of nitro groups is 1. The lowest BCUT2D eigenvalue weighted by molar-refractivity contribution is -0.384. The average Bonchev–Trinajstić information content (AvgIpc) is 3.10. The van der Waals surface area contributed by atoms with Gasteiger partial charge in [0.05, 0.1) is 24.7 Å². The predicted molar refractivity (Wildman–Crippen MR) is 86.7 cm³/mol. The van der Waals surface area contributed by atoms with Crippen LogP contribution in [0.2, 0.25) is 0 Å². The molecule has 7 heteroatoms. The minimum atomic E-state index is -0.343. The number of nitrogens with one attached hydrogen (secondary N) is 1. The monoisotopic (exact) mass is 321 g/mol. The molecule has 2 fully saturated rings. The van der Waals surface area contributed by atoms with E-state index in [0.717, 1.165) is 45.9 Å². The summed E-state index contributed by atoms with van der Waals surface area (Å²) >= 11 is 0. The molecule has 1 aromatic carbocycles. The van der Waals surface area contributed by atoms with Crippen LogP contribution in [0.3, 0.4) is 0 Å². The molecule has 3 rings (SSSR count). The van der Waals surface area contributed by atoms with E-state index in [4.69, 9.17) is 9.47 Å². The number of rotatable bonds is 6. The molecule has 2 atom stereocenters. The summed E-state index contributed by atoms with van der Waals surface area (Å²) in [5, 5.41) is 14.4. The summed E-state index contributed by atoms with van der Waals surface area (Å²) in [5.74, 6) is 0.461. The number of ether oxygens (including phenoxy) is 2. The second-order valence-electron chi connectivity index (χ2n) is 5.99. The van der Waals surface area contributed by atoms with Crippen molar-refractivity contribution in [2.24, 2.45) is 5.92 Å². The van der Waals surface area contributed by atoms with Crippen molar-refractivity contribution < 1.29 is 14.4 Å². The second-order valence-corrected chi connectivity index (χ2v) is 5.99. The van der Waals surface area contributed by atoms with Gasteiger partial charge >= 0.3 is 0 Å². The molecule has 0 saturated carbocycles. The lowest BCUT2D eigenvalue weighted by Gasteiger charge is -2.37. The highest BCUT2D eigenvalue weighted by molar-refractivity contribution is 5.61. The molecule has 126 valence electrons. The molecule has 2 aliphatic rings. The fourth-order valence-corrected chi connectivity index (χ4v) is 3.36. The van der Waals surface area contributed by atoms with Gasteiger partial charge in [0.2, 0.25) is 0 Å². The van der Waals surface area contributed by atoms with Gasteiger partial charge in [0.25, 0.3) is 5.69 Å². The Labute approximate surface area is 135 Å². The summed E-state index contributed by atoms with van der Waals surface area (Å²) in [6, 6.07) is 7.11. The zero-order valence-electron chi connectivity index (χ0n) is 13.1. The molecule has 1 N–H and O–H groups in total. The van der Waals surface area contributed by atoms with E-state index in [-0.39, 0.29) is 10.6 Å². The lowest BCUT2D eigenvalue weighted by atomic mass is 9.96. The topological polar surface area (TPSA) is 76.9 Å². The summed E-state index contributed by atoms with van der Waals surface area (Å²) < 4.78 is 11.0. The van der Waals surface area contributed by atoms with Crippen LogP contribution in [0.25, 0.3) is 0 Å². The number of hydrogen-bond donors (Lipinski definition) is 1. The summed E-state index contributed by atoms with van der Waals surface area (Å²) in [6.07, 6.45) is 1.04. The smallest absolute Gasteiger partial charge is 0.292 e. The first-order valence-corrected chi connectivity index (χ1v) is 8.12. The largest absolute Gasteiger partial charge is 0.381 e. The Kier molecular flexibility index (Phi) is 5.43. The normalized spacial score (nSPS) is 23.6. The molecule has 0 amide bonds. The molecular weight excluding hydrogens is 298 g/mol. The fraction of sp³-hybridized carbons (Fsp3) is 0.625. The Morgan fingerprint density at radius 2 is 2.04 bits per heavy atom. The van der Waals surface area contributed by atoms with Crippen molar-refractivity contribution in [2.75, 3.05) is 51.4 Å². The van der Waals surface area contributed by atoms with Gasteiger partial charge < -0.3 is 14.8 Å². The van der Waals surface area contributed by atoms with Crippen molar-refractivity contribution in [1.29, 1.82) is 0 Å². The van der Waals surface area contributed by atoms with Crippen LogP contribution in [0.15, 0.2) is 24.3 Å². The van der Waals surface area contributed by atoms with Crippen LogP contribution in [0.1, 0.15) is 6.42 Å². The van der Waals surface area contributed by atoms with Gasteiger partial charge in [-0.05, 0) is 12.5 Å². The molecule has 1 aromatic rings. The van der Waals surface area contributed by atoms with Crippen LogP contribution >= 0.6 is 0 Å². The zero-order valence-corrected chi connectivity index (χ0v) is 13.1. The second kappa shape index (κ2) is 7.72. The van der Waals surface area contributed by atoms with Gasteiger partial charge in [-0.3, -0.25) is 15.0 Å². The summed E-state index contributed by atoms with van der Waals surface area (Å²) in [7, 11) is 0. The van der Waals surface area contributed by atoms with E-state index in [1.165, 1.54) is 6.07 Å². The van der Waals surface area contributed by atoms with E-state index in [0.29, 0.717) is 24.2 Å². The molecule has 0 aliphatic carbocycles. The molecule has 0 spiro atoms. The first-order valence-electron chi connectivity index (χ1n) is 8.12. The van der Waals surface area contributed by atoms with E-state index in [1.54, 1.807) is 12.1 Å². The minimum Gasteiger partial charge on any atom is -0.381 e. The summed E-state index contributed by atoms with van der Waals surface area (Å²) in [4.78, 5) is 13.2. The zero-order chi connectivity index (χ0) is 16.1. The van der Waals surface area contributed by atoms with E-state index >= 15 is 0 Å². The fourth-order valence-electron chi connectivity index (χ4n) is 3.36. The van der Waals surface area contributed by atoms with Gasteiger partial charge in [0.1, 0.15) is 5.69 Å². The Balaban J connectivity index is 1.69. The Morgan fingerprint density at radius 3 is 2.74 bits per heavy atom. The molecule has 0 aromatic heterocycles. The number of benzene rings is 1. The Bertz CT molecular complexity index is 528. The number of nitro benzene ring substituents is 1. The van der Waals surface area contributed by atoms with Gasteiger partial charge in [-0.1, -0.05) is 12.1 Å². The third-order valence-electron chi connectivity index (χ3n) is 4.63. The first-order chi connectivity index (χ1) is 11.3. The molecule has 2 heterocycles. The van der Waals surface area contributed by atoms with Gasteiger partial charge in [-0.25, -0.2) is 0 Å². The number of morpholine rings is 1. The van der Waals surface area contributed by atoms with Crippen molar-refractivity contribution in [3.63, 3.8) is 0 Å². The Hall–Kier alpha value is -1.70. The summed E-state index contributed by atoms with van der Waals surface area (Å²) in [6.45, 7) is 5.54. The maximum Gasteiger partial charge on any atom is 0.292 e. The number of anilines is 1. The maximum atomic E-state index is 11.1. The third kappa shape index (κ3) is 3.99. The molecule has 2 saturated heterocycles. The SMILES string of the molecule is O=[N+]([O-])c1ccccc1NC[C@H]([C@@H]1CCOC1)N1CCOCC1. The van der Waals surface area contributed by atoms with E-state index in [1.807, 2.05) is 6.07 Å². The van der Waals surface area contributed by atoms with Crippen molar-refractivity contribution in [2.45, 2.75) is 12.5 Å². The van der Waals surface area contributed by atoms with E-state index in [9.17, 15) is 10.1 Å². The van der Waals surface area contributed by atoms with Crippen molar-refractivity contribution in [1.82, 2.24) is 4.90 Å². The Morgan fingerprint density at radius 1 is 1.26 bits per heavy atom. The lowest BCUT2D eigenvalue weighted by Crippen LogP contribution is -2.50. The van der Waals surface area contributed by atoms with Gasteiger partial charge in [-0.15, -0.1) is 0 Å². The number of nitrogens with zero attached hydrogens (tertiary/aromatic N) is 2. The highest BCUT2D eigenvalue weighted by Crippen LogP contribution is 2.26. The first kappa shape index (κ1) is 16.2. The van der Waals surface area contributed by atoms with Crippen LogP contribution < -0.4 is 5.32 Å². The van der Waals surface area contributed by atoms with Gasteiger partial charge in [0, 0.05) is 44.3 Å². The predicted octanol–water partition coefficient (Wildman–Crippen LogP) is 1.74. The van der Waals surface area contributed by atoms with Crippen molar-refractivity contribution >= 4 is 11.4 Å². The van der Waals surface area contributed by atoms with Crippen LogP contribution in [-0.2, 0) is 9.47 Å². The van der Waals surface area contributed by atoms with Crippen molar-refractivity contribution in [3.8, 4) is 0 Å². The van der Waals surface area contributed by atoms with Crippen LogP contribution in [0, 0.1) is 16.0 Å². The van der Waals surface area contributed by atoms with Gasteiger partial charge in [0.15, 0.2) is 0 Å².